The van der Waals surface area contributed by atoms with E-state index in [9.17, 15) is 17.6 Å². The summed E-state index contributed by atoms with van der Waals surface area (Å²) in [6, 6.07) is 9.01. The van der Waals surface area contributed by atoms with Crippen molar-refractivity contribution < 1.29 is 26.8 Å². The number of benzene rings is 2. The van der Waals surface area contributed by atoms with Gasteiger partial charge in [0.15, 0.2) is 0 Å². The summed E-state index contributed by atoms with van der Waals surface area (Å²) in [5, 5.41) is 3.14. The Labute approximate surface area is 186 Å². The molecule has 2 aromatic carbocycles. The number of hydrogen-bond donors (Lipinski definition) is 1. The summed E-state index contributed by atoms with van der Waals surface area (Å²) >= 11 is 0. The highest BCUT2D eigenvalue weighted by molar-refractivity contribution is 7.92. The molecule has 3 aromatic rings. The lowest BCUT2D eigenvalue weighted by Crippen LogP contribution is -2.42. The Bertz CT molecular complexity index is 1310. The lowest BCUT2D eigenvalue weighted by Gasteiger charge is -2.30. The van der Waals surface area contributed by atoms with Crippen molar-refractivity contribution in [1.29, 1.82) is 0 Å². The van der Waals surface area contributed by atoms with Crippen molar-refractivity contribution in [3.05, 3.63) is 53.3 Å². The van der Waals surface area contributed by atoms with Crippen molar-refractivity contribution in [3.63, 3.8) is 0 Å². The van der Waals surface area contributed by atoms with Gasteiger partial charge in [-0.25, -0.2) is 12.8 Å². The molecule has 0 radical (unpaired) electrons. The summed E-state index contributed by atoms with van der Waals surface area (Å²) in [6.07, 6.45) is 0.715. The maximum absolute atomic E-state index is 13.4. The number of rotatable bonds is 3. The fourth-order valence-corrected chi connectivity index (χ4v) is 5.21. The summed E-state index contributed by atoms with van der Waals surface area (Å²) in [5.74, 6) is -0.500. The Morgan fingerprint density at radius 2 is 1.88 bits per heavy atom. The number of nitrogens with one attached hydrogen (secondary N) is 1. The molecule has 1 aliphatic rings. The third-order valence-electron chi connectivity index (χ3n) is 5.53. The maximum Gasteiger partial charge on any atom is 0.255 e. The third kappa shape index (κ3) is 3.86. The monoisotopic (exact) mass is 460 g/mol. The minimum Gasteiger partial charge on any atom is -0.455 e. The van der Waals surface area contributed by atoms with Crippen molar-refractivity contribution in [2.24, 2.45) is 0 Å². The zero-order chi connectivity index (χ0) is 23.4. The smallest absolute Gasteiger partial charge is 0.255 e. The van der Waals surface area contributed by atoms with Crippen molar-refractivity contribution in [1.82, 2.24) is 5.32 Å². The highest BCUT2D eigenvalue weighted by Gasteiger charge is 2.37. The van der Waals surface area contributed by atoms with Crippen LogP contribution in [0, 0.1) is 5.82 Å². The summed E-state index contributed by atoms with van der Waals surface area (Å²) < 4.78 is 52.3. The number of sulfonamides is 1. The first kappa shape index (κ1) is 22.3. The molecular formula is C23H25FN2O5S. The molecule has 1 amide bonds. The first-order valence-corrected chi connectivity index (χ1v) is 12.0. The second-order valence-corrected chi connectivity index (χ2v) is 10.5. The van der Waals surface area contributed by atoms with E-state index in [1.54, 1.807) is 12.1 Å². The predicted octanol–water partition coefficient (Wildman–Crippen LogP) is 4.23. The van der Waals surface area contributed by atoms with Gasteiger partial charge in [0.2, 0.25) is 10.0 Å². The molecule has 0 fully saturated rings. The van der Waals surface area contributed by atoms with E-state index in [2.05, 4.69) is 5.32 Å². The molecule has 0 aliphatic carbocycles. The number of anilines is 1. The van der Waals surface area contributed by atoms with Gasteiger partial charge in [0.1, 0.15) is 17.2 Å². The average molecular weight is 461 g/mol. The van der Waals surface area contributed by atoms with Crippen molar-refractivity contribution >= 4 is 32.6 Å². The van der Waals surface area contributed by atoms with Crippen molar-refractivity contribution in [3.8, 4) is 11.3 Å². The Hall–Kier alpha value is -2.91. The van der Waals surface area contributed by atoms with Crippen LogP contribution >= 0.6 is 0 Å². The number of ether oxygens (including phenoxy) is 1. The first-order valence-electron chi connectivity index (χ1n) is 10.2. The Kier molecular flexibility index (Phi) is 5.29. The summed E-state index contributed by atoms with van der Waals surface area (Å²) in [6.45, 7) is 5.64. The highest BCUT2D eigenvalue weighted by Crippen LogP contribution is 2.43. The van der Waals surface area contributed by atoms with Crippen LogP contribution in [-0.4, -0.2) is 39.8 Å². The lowest BCUT2D eigenvalue weighted by atomic mass is 10.0. The quantitative estimate of drug-likeness (QED) is 0.632. The number of halogens is 1. The number of hydrogen-bond acceptors (Lipinski definition) is 5. The van der Waals surface area contributed by atoms with Gasteiger partial charge >= 0.3 is 0 Å². The minimum absolute atomic E-state index is 0.127. The van der Waals surface area contributed by atoms with E-state index in [1.807, 2.05) is 20.8 Å². The zero-order valence-corrected chi connectivity index (χ0v) is 19.3. The number of carbonyl (C=O) groups is 1. The molecule has 0 saturated carbocycles. The standard InChI is InChI=1S/C23H25FN2O5S/c1-13-16-10-17-19(11-18(16)26(32(5,28)29)12-23(2,3)31-13)30-21(20(17)22(27)25-4)14-6-8-15(24)9-7-14/h6-11,13H,12H2,1-5H3,(H,25,27). The SMILES string of the molecule is CNC(=O)c1c(-c2ccc(F)cc2)oc2cc3c(cc12)C(C)OC(C)(C)CN3S(C)(=O)=O. The topological polar surface area (TPSA) is 88.8 Å². The summed E-state index contributed by atoms with van der Waals surface area (Å²) in [4.78, 5) is 12.8. The second-order valence-electron chi connectivity index (χ2n) is 8.59. The minimum atomic E-state index is -3.62. The lowest BCUT2D eigenvalue weighted by molar-refractivity contribution is -0.0542. The van der Waals surface area contributed by atoms with Crippen LogP contribution < -0.4 is 9.62 Å². The Morgan fingerprint density at radius 1 is 1.22 bits per heavy atom. The van der Waals surface area contributed by atoms with Gasteiger partial charge in [0, 0.05) is 29.6 Å². The Morgan fingerprint density at radius 3 is 2.47 bits per heavy atom. The molecular weight excluding hydrogens is 435 g/mol. The van der Waals surface area contributed by atoms with E-state index in [-0.39, 0.29) is 18.2 Å². The predicted molar refractivity (Wildman–Crippen MR) is 121 cm³/mol. The molecule has 9 heteroatoms. The van der Waals surface area contributed by atoms with Crippen LogP contribution in [-0.2, 0) is 14.8 Å². The molecule has 1 N–H and O–H groups in total. The molecule has 32 heavy (non-hydrogen) atoms. The third-order valence-corrected chi connectivity index (χ3v) is 6.65. The molecule has 1 unspecified atom stereocenters. The van der Waals surface area contributed by atoms with E-state index in [4.69, 9.17) is 9.15 Å². The van der Waals surface area contributed by atoms with Crippen molar-refractivity contribution in [2.75, 3.05) is 24.2 Å². The van der Waals surface area contributed by atoms with E-state index in [0.717, 1.165) is 6.26 Å². The largest absolute Gasteiger partial charge is 0.455 e. The molecule has 1 atom stereocenters. The fraction of sp³-hybridized carbons (Fsp3) is 0.348. The second kappa shape index (κ2) is 7.60. The van der Waals surface area contributed by atoms with Gasteiger partial charge < -0.3 is 14.5 Å². The Balaban J connectivity index is 2.03. The van der Waals surface area contributed by atoms with Crippen LogP contribution in [0.3, 0.4) is 0 Å². The van der Waals surface area contributed by atoms with Crippen LogP contribution in [0.2, 0.25) is 0 Å². The van der Waals surface area contributed by atoms with Gasteiger partial charge in [0.05, 0.1) is 35.8 Å². The van der Waals surface area contributed by atoms with Gasteiger partial charge in [0.25, 0.3) is 5.91 Å². The van der Waals surface area contributed by atoms with E-state index in [1.165, 1.54) is 35.6 Å². The van der Waals surface area contributed by atoms with Gasteiger partial charge in [-0.2, -0.15) is 0 Å². The van der Waals surface area contributed by atoms with Crippen molar-refractivity contribution in [2.45, 2.75) is 32.5 Å². The molecule has 4 rings (SSSR count). The molecule has 1 aliphatic heterocycles. The van der Waals surface area contributed by atoms with Gasteiger partial charge in [-0.15, -0.1) is 0 Å². The average Bonchev–Trinajstić information content (AvgIpc) is 3.03. The maximum atomic E-state index is 13.4. The summed E-state index contributed by atoms with van der Waals surface area (Å²) in [5.41, 5.74) is 1.51. The molecule has 0 saturated heterocycles. The zero-order valence-electron chi connectivity index (χ0n) is 18.5. The number of amides is 1. The molecule has 1 aromatic heterocycles. The molecule has 7 nitrogen and oxygen atoms in total. The normalized spacial score (nSPS) is 18.3. The van der Waals surface area contributed by atoms with Gasteiger partial charge in [-0.05, 0) is 51.1 Å². The van der Waals surface area contributed by atoms with Crippen LogP contribution in [0.25, 0.3) is 22.3 Å². The van der Waals surface area contributed by atoms with Crippen LogP contribution in [0.1, 0.15) is 42.8 Å². The van der Waals surface area contributed by atoms with Crippen LogP contribution in [0.5, 0.6) is 0 Å². The van der Waals surface area contributed by atoms with Crippen LogP contribution in [0.4, 0.5) is 10.1 Å². The van der Waals surface area contributed by atoms with E-state index in [0.29, 0.717) is 33.3 Å². The fourth-order valence-electron chi connectivity index (χ4n) is 4.15. The van der Waals surface area contributed by atoms with E-state index < -0.39 is 27.5 Å². The molecule has 2 heterocycles. The van der Waals surface area contributed by atoms with Gasteiger partial charge in [-0.1, -0.05) is 0 Å². The molecule has 170 valence electrons. The molecule has 0 bridgehead atoms. The molecule has 0 spiro atoms. The van der Waals surface area contributed by atoms with Crippen LogP contribution in [0.15, 0.2) is 40.8 Å². The number of nitrogens with zero attached hydrogens (tertiary/aromatic N) is 1. The van der Waals surface area contributed by atoms with E-state index >= 15 is 0 Å². The van der Waals surface area contributed by atoms with Gasteiger partial charge in [-0.3, -0.25) is 9.10 Å². The highest BCUT2D eigenvalue weighted by atomic mass is 32.2. The summed E-state index contributed by atoms with van der Waals surface area (Å²) in [7, 11) is -2.10. The number of furan rings is 1. The first-order chi connectivity index (χ1) is 14.9. The number of fused-ring (bicyclic) bond motifs is 2. The number of carbonyl (C=O) groups excluding carboxylic acids is 1.